The first-order valence-corrected chi connectivity index (χ1v) is 2.29. The van der Waals surface area contributed by atoms with Crippen LogP contribution in [0.1, 0.15) is 0 Å². The number of halogens is 2. The predicted octanol–water partition coefficient (Wildman–Crippen LogP) is 2.02. The molecule has 0 amide bonds. The second-order valence-electron chi connectivity index (χ2n) is 1.32. The fourth-order valence-corrected chi connectivity index (χ4v) is 0.304. The van der Waals surface area contributed by atoms with Crippen LogP contribution in [0.25, 0.3) is 0 Å². The average Bonchev–Trinajstić information content (AvgIpc) is 1.82. The molecular formula is C6H7F2N. The molecule has 0 atom stereocenters. The van der Waals surface area contributed by atoms with Gasteiger partial charge in [0, 0.05) is 11.8 Å². The molecule has 0 saturated carbocycles. The van der Waals surface area contributed by atoms with Gasteiger partial charge in [-0.1, -0.05) is 12.7 Å². The highest BCUT2D eigenvalue weighted by atomic mass is 19.3. The van der Waals surface area contributed by atoms with Gasteiger partial charge in [0.1, 0.15) is 0 Å². The summed E-state index contributed by atoms with van der Waals surface area (Å²) in [7, 11) is 0. The van der Waals surface area contributed by atoms with E-state index < -0.39 is 6.43 Å². The Morgan fingerprint density at radius 3 is 2.22 bits per heavy atom. The van der Waals surface area contributed by atoms with Crippen LogP contribution in [-0.4, -0.2) is 13.1 Å². The molecule has 0 aliphatic heterocycles. The Morgan fingerprint density at radius 2 is 2.11 bits per heavy atom. The van der Waals surface area contributed by atoms with E-state index in [0.29, 0.717) is 0 Å². The zero-order valence-corrected chi connectivity index (χ0v) is 4.85. The summed E-state index contributed by atoms with van der Waals surface area (Å²) >= 11 is 0. The largest absolute Gasteiger partial charge is 0.272 e. The first-order valence-electron chi connectivity index (χ1n) is 2.29. The molecular weight excluding hydrogens is 124 g/mol. The Kier molecular flexibility index (Phi) is 3.51. The van der Waals surface area contributed by atoms with Crippen molar-refractivity contribution in [3.05, 3.63) is 24.4 Å². The molecule has 0 aromatic rings. The van der Waals surface area contributed by atoms with Crippen molar-refractivity contribution < 1.29 is 8.78 Å². The fraction of sp³-hybridized carbons (Fsp3) is 0.167. The van der Waals surface area contributed by atoms with Crippen molar-refractivity contribution in [3.8, 4) is 0 Å². The second-order valence-corrected chi connectivity index (χ2v) is 1.32. The highest BCUT2D eigenvalue weighted by molar-refractivity contribution is 5.29. The zero-order chi connectivity index (χ0) is 7.28. The molecule has 50 valence electrons. The lowest BCUT2D eigenvalue weighted by molar-refractivity contribution is 0.194. The van der Waals surface area contributed by atoms with Crippen LogP contribution in [0.4, 0.5) is 8.78 Å². The van der Waals surface area contributed by atoms with Gasteiger partial charge in [0.05, 0.1) is 0 Å². The number of rotatable bonds is 3. The lowest BCUT2D eigenvalue weighted by Crippen LogP contribution is -1.91. The normalized spacial score (nSPS) is 11.7. The third-order valence-corrected chi connectivity index (χ3v) is 0.728. The van der Waals surface area contributed by atoms with Crippen LogP contribution in [0.2, 0.25) is 0 Å². The molecule has 0 radical (unpaired) electrons. The molecule has 0 fully saturated rings. The number of nitrogens with zero attached hydrogens (tertiary/aromatic N) is 1. The number of aliphatic imine (C=N–C) groups is 1. The van der Waals surface area contributed by atoms with Crippen molar-refractivity contribution in [1.82, 2.24) is 0 Å². The van der Waals surface area contributed by atoms with Gasteiger partial charge < -0.3 is 0 Å². The van der Waals surface area contributed by atoms with Crippen LogP contribution >= 0.6 is 0 Å². The van der Waals surface area contributed by atoms with Gasteiger partial charge in [-0.25, -0.2) is 8.78 Å². The topological polar surface area (TPSA) is 12.4 Å². The standard InChI is InChI=1S/C6H7F2N/c1-3-5(4-9-2)6(7)8/h3-4,6H,1-2H2/b5-4+. The molecule has 0 aliphatic rings. The Bertz CT molecular complexity index is 138. The summed E-state index contributed by atoms with van der Waals surface area (Å²) in [5.41, 5.74) is -0.204. The third-order valence-electron chi connectivity index (χ3n) is 0.728. The highest BCUT2D eigenvalue weighted by Gasteiger charge is 2.04. The Morgan fingerprint density at radius 1 is 1.56 bits per heavy atom. The predicted molar refractivity (Wildman–Crippen MR) is 33.8 cm³/mol. The van der Waals surface area contributed by atoms with Gasteiger partial charge in [0.25, 0.3) is 6.43 Å². The van der Waals surface area contributed by atoms with Gasteiger partial charge in [-0.3, -0.25) is 4.99 Å². The summed E-state index contributed by atoms with van der Waals surface area (Å²) in [6.45, 7) is 6.19. The molecule has 0 aliphatic carbocycles. The number of hydrogen-bond acceptors (Lipinski definition) is 1. The van der Waals surface area contributed by atoms with Gasteiger partial charge in [0.15, 0.2) is 0 Å². The first kappa shape index (κ1) is 8.01. The lowest BCUT2D eigenvalue weighted by Gasteiger charge is -1.94. The maximum atomic E-state index is 11.7. The van der Waals surface area contributed by atoms with E-state index >= 15 is 0 Å². The fourth-order valence-electron chi connectivity index (χ4n) is 0.304. The van der Waals surface area contributed by atoms with E-state index in [2.05, 4.69) is 18.3 Å². The summed E-state index contributed by atoms with van der Waals surface area (Å²) in [4.78, 5) is 3.16. The third kappa shape index (κ3) is 2.74. The molecule has 0 rings (SSSR count). The monoisotopic (exact) mass is 131 g/mol. The molecule has 0 bridgehead atoms. The highest BCUT2D eigenvalue weighted by Crippen LogP contribution is 2.08. The smallest absolute Gasteiger partial charge is 0.265 e. The summed E-state index contributed by atoms with van der Waals surface area (Å²) in [6.07, 6.45) is -0.468. The quantitative estimate of drug-likeness (QED) is 0.410. The molecule has 0 saturated heterocycles. The van der Waals surface area contributed by atoms with E-state index in [-0.39, 0.29) is 5.57 Å². The van der Waals surface area contributed by atoms with Gasteiger partial charge in [-0.2, -0.15) is 0 Å². The van der Waals surface area contributed by atoms with E-state index in [9.17, 15) is 8.78 Å². The van der Waals surface area contributed by atoms with E-state index in [1.165, 1.54) is 0 Å². The van der Waals surface area contributed by atoms with Crippen LogP contribution < -0.4 is 0 Å². The van der Waals surface area contributed by atoms with E-state index in [0.717, 1.165) is 12.3 Å². The van der Waals surface area contributed by atoms with Crippen molar-refractivity contribution in [3.63, 3.8) is 0 Å². The SMILES string of the molecule is C=C/C(=C\N=C)C(F)F. The molecule has 0 heterocycles. The number of hydrogen-bond donors (Lipinski definition) is 0. The minimum Gasteiger partial charge on any atom is -0.272 e. The number of allylic oxidation sites excluding steroid dienone is 2. The molecule has 0 spiro atoms. The summed E-state index contributed by atoms with van der Waals surface area (Å²) in [5, 5.41) is 0. The summed E-state index contributed by atoms with van der Waals surface area (Å²) in [6, 6.07) is 0. The van der Waals surface area contributed by atoms with Crippen LogP contribution in [0.3, 0.4) is 0 Å². The molecule has 0 N–H and O–H groups in total. The minimum atomic E-state index is -2.51. The maximum Gasteiger partial charge on any atom is 0.265 e. The average molecular weight is 131 g/mol. The lowest BCUT2D eigenvalue weighted by atomic mass is 10.3. The Balaban J connectivity index is 4.13. The Labute approximate surface area is 52.4 Å². The van der Waals surface area contributed by atoms with Crippen molar-refractivity contribution in [2.24, 2.45) is 4.99 Å². The zero-order valence-electron chi connectivity index (χ0n) is 4.85. The van der Waals surface area contributed by atoms with Crippen LogP contribution in [0.15, 0.2) is 29.4 Å². The summed E-state index contributed by atoms with van der Waals surface area (Å²) < 4.78 is 23.3. The molecule has 1 nitrogen and oxygen atoms in total. The van der Waals surface area contributed by atoms with Crippen molar-refractivity contribution in [2.75, 3.05) is 0 Å². The van der Waals surface area contributed by atoms with Crippen LogP contribution in [0.5, 0.6) is 0 Å². The van der Waals surface area contributed by atoms with E-state index in [1.54, 1.807) is 0 Å². The second kappa shape index (κ2) is 3.95. The maximum absolute atomic E-state index is 11.7. The van der Waals surface area contributed by atoms with Gasteiger partial charge in [-0.05, 0) is 6.72 Å². The van der Waals surface area contributed by atoms with Crippen LogP contribution in [-0.2, 0) is 0 Å². The van der Waals surface area contributed by atoms with Crippen molar-refractivity contribution in [2.45, 2.75) is 6.43 Å². The first-order chi connectivity index (χ1) is 4.22. The van der Waals surface area contributed by atoms with Gasteiger partial charge >= 0.3 is 0 Å². The van der Waals surface area contributed by atoms with Crippen LogP contribution in [0, 0.1) is 0 Å². The molecule has 0 aromatic heterocycles. The molecule has 3 heteroatoms. The molecule has 0 aromatic carbocycles. The van der Waals surface area contributed by atoms with Gasteiger partial charge in [0.2, 0.25) is 0 Å². The Hall–Kier alpha value is -0.990. The van der Waals surface area contributed by atoms with E-state index in [4.69, 9.17) is 0 Å². The molecule has 9 heavy (non-hydrogen) atoms. The number of alkyl halides is 2. The minimum absolute atomic E-state index is 0.204. The van der Waals surface area contributed by atoms with Gasteiger partial charge in [-0.15, -0.1) is 0 Å². The van der Waals surface area contributed by atoms with E-state index in [1.807, 2.05) is 0 Å². The van der Waals surface area contributed by atoms with Crippen molar-refractivity contribution in [1.29, 1.82) is 0 Å². The summed E-state index contributed by atoms with van der Waals surface area (Å²) in [5.74, 6) is 0. The van der Waals surface area contributed by atoms with Crippen molar-refractivity contribution >= 4 is 6.72 Å². The molecule has 0 unspecified atom stereocenters.